The first kappa shape index (κ1) is 22.3. The van der Waals surface area contributed by atoms with Crippen LogP contribution in [0, 0.1) is 5.92 Å². The molecule has 0 N–H and O–H groups in total. The predicted molar refractivity (Wildman–Crippen MR) is 118 cm³/mol. The Kier molecular flexibility index (Phi) is 8.90. The second-order valence-electron chi connectivity index (χ2n) is 6.81. The summed E-state index contributed by atoms with van der Waals surface area (Å²) in [5.41, 5.74) is 1.16. The van der Waals surface area contributed by atoms with E-state index in [1.54, 1.807) is 0 Å². The van der Waals surface area contributed by atoms with Crippen molar-refractivity contribution >= 4 is 33.5 Å². The van der Waals surface area contributed by atoms with Crippen LogP contribution in [-0.2, 0) is 4.79 Å². The van der Waals surface area contributed by atoms with Crippen LogP contribution in [0.1, 0.15) is 47.0 Å². The molecule has 1 unspecified atom stereocenters. The molecule has 154 valence electrons. The predicted octanol–water partition coefficient (Wildman–Crippen LogP) is 5.10. The molecule has 28 heavy (non-hydrogen) atoms. The minimum atomic E-state index is -0.408. The van der Waals surface area contributed by atoms with Gasteiger partial charge in [-0.25, -0.2) is 4.79 Å². The van der Waals surface area contributed by atoms with Crippen LogP contribution in [0.4, 0.5) is 5.69 Å². The Morgan fingerprint density at radius 3 is 2.61 bits per heavy atom. The molecule has 2 rings (SSSR count). The van der Waals surface area contributed by atoms with Crippen LogP contribution < -0.4 is 15.3 Å². The first-order chi connectivity index (χ1) is 13.5. The molecule has 1 aromatic heterocycles. The largest absolute Gasteiger partial charge is 0.493 e. The highest BCUT2D eigenvalue weighted by molar-refractivity contribution is 8.13. The molecule has 0 aliphatic rings. The molecule has 6 heteroatoms. The number of fused-ring (bicyclic) bond motifs is 1. The first-order valence-corrected chi connectivity index (χ1v) is 11.1. The number of benzene rings is 1. The molecular formula is C22H31NO4S. The number of carbonyl (C=O) groups excluding carboxylic acids is 1. The fourth-order valence-electron chi connectivity index (χ4n) is 2.89. The molecule has 0 fully saturated rings. The van der Waals surface area contributed by atoms with Crippen molar-refractivity contribution in [3.63, 3.8) is 0 Å². The summed E-state index contributed by atoms with van der Waals surface area (Å²) >= 11 is 1.40. The number of hydrogen-bond acceptors (Lipinski definition) is 6. The minimum absolute atomic E-state index is 0.123. The third-order valence-corrected chi connectivity index (χ3v) is 6.05. The maximum atomic E-state index is 11.9. The van der Waals surface area contributed by atoms with Crippen molar-refractivity contribution in [3.05, 3.63) is 34.7 Å². The summed E-state index contributed by atoms with van der Waals surface area (Å²) in [6, 6.07) is 7.27. The first-order valence-electron chi connectivity index (χ1n) is 10.1. The van der Waals surface area contributed by atoms with Gasteiger partial charge in [0.15, 0.2) is 5.12 Å². The number of nitrogens with zero attached hydrogens (tertiary/aromatic N) is 1. The van der Waals surface area contributed by atoms with Crippen molar-refractivity contribution in [1.29, 1.82) is 0 Å². The molecule has 0 saturated carbocycles. The van der Waals surface area contributed by atoms with Crippen LogP contribution in [-0.4, -0.2) is 30.6 Å². The number of ether oxygens (including phenoxy) is 1. The number of hydrogen-bond donors (Lipinski definition) is 0. The van der Waals surface area contributed by atoms with Gasteiger partial charge in [0, 0.05) is 36.5 Å². The average molecular weight is 406 g/mol. The topological polar surface area (TPSA) is 59.8 Å². The van der Waals surface area contributed by atoms with Gasteiger partial charge in [-0.15, -0.1) is 0 Å². The van der Waals surface area contributed by atoms with Gasteiger partial charge in [-0.3, -0.25) is 4.79 Å². The second-order valence-corrected chi connectivity index (χ2v) is 7.91. The number of anilines is 1. The van der Waals surface area contributed by atoms with Crippen molar-refractivity contribution in [2.24, 2.45) is 5.92 Å². The second kappa shape index (κ2) is 11.1. The summed E-state index contributed by atoms with van der Waals surface area (Å²) in [6.45, 7) is 10.5. The molecule has 0 bridgehead atoms. The summed E-state index contributed by atoms with van der Waals surface area (Å²) < 4.78 is 11.2. The summed E-state index contributed by atoms with van der Waals surface area (Å²) in [6.07, 6.45) is 2.62. The molecule has 5 nitrogen and oxygen atoms in total. The van der Waals surface area contributed by atoms with E-state index in [0.29, 0.717) is 17.9 Å². The maximum absolute atomic E-state index is 11.9. The van der Waals surface area contributed by atoms with Crippen molar-refractivity contribution < 1.29 is 13.9 Å². The van der Waals surface area contributed by atoms with Gasteiger partial charge in [0.05, 0.1) is 18.1 Å². The van der Waals surface area contributed by atoms with Crippen molar-refractivity contribution in [3.8, 4) is 5.75 Å². The van der Waals surface area contributed by atoms with E-state index in [2.05, 4.69) is 18.7 Å². The van der Waals surface area contributed by atoms with E-state index < -0.39 is 5.63 Å². The Bertz CT molecular complexity index is 829. The quantitative estimate of drug-likeness (QED) is 0.383. The molecule has 0 aliphatic heterocycles. The van der Waals surface area contributed by atoms with E-state index in [1.807, 2.05) is 32.0 Å². The molecule has 2 aromatic rings. The van der Waals surface area contributed by atoms with Gasteiger partial charge in [0.2, 0.25) is 0 Å². The number of carbonyl (C=O) groups is 1. The number of rotatable bonds is 11. The van der Waals surface area contributed by atoms with E-state index in [0.717, 1.165) is 49.2 Å². The van der Waals surface area contributed by atoms with Crippen molar-refractivity contribution in [2.75, 3.05) is 30.3 Å². The lowest BCUT2D eigenvalue weighted by Crippen LogP contribution is -2.21. The monoisotopic (exact) mass is 405 g/mol. The number of unbranched alkanes of at least 4 members (excludes halogenated alkanes) is 1. The van der Waals surface area contributed by atoms with E-state index in [4.69, 9.17) is 9.15 Å². The van der Waals surface area contributed by atoms with Crippen molar-refractivity contribution in [2.45, 2.75) is 47.0 Å². The highest BCUT2D eigenvalue weighted by Crippen LogP contribution is 2.28. The van der Waals surface area contributed by atoms with Gasteiger partial charge < -0.3 is 14.1 Å². The molecule has 0 spiro atoms. The minimum Gasteiger partial charge on any atom is -0.493 e. The SMILES string of the molecule is CCC(C)C(=O)SCCCCOc1cc(=O)oc2cc(N(CC)CC)ccc12. The third-order valence-electron chi connectivity index (χ3n) is 4.87. The molecule has 0 saturated heterocycles. The van der Waals surface area contributed by atoms with Gasteiger partial charge >= 0.3 is 5.63 Å². The maximum Gasteiger partial charge on any atom is 0.339 e. The molecule has 0 radical (unpaired) electrons. The van der Waals surface area contributed by atoms with Crippen LogP contribution in [0.2, 0.25) is 0 Å². The lowest BCUT2D eigenvalue weighted by atomic mass is 10.1. The van der Waals surface area contributed by atoms with E-state index in [-0.39, 0.29) is 11.0 Å². The zero-order valence-electron chi connectivity index (χ0n) is 17.3. The fourth-order valence-corrected chi connectivity index (χ4v) is 3.90. The molecule has 0 amide bonds. The van der Waals surface area contributed by atoms with Crippen LogP contribution in [0.5, 0.6) is 5.75 Å². The van der Waals surface area contributed by atoms with E-state index >= 15 is 0 Å². The summed E-state index contributed by atoms with van der Waals surface area (Å²) in [7, 11) is 0. The molecular weight excluding hydrogens is 374 g/mol. The zero-order chi connectivity index (χ0) is 20.5. The molecule has 1 atom stereocenters. The normalized spacial score (nSPS) is 12.1. The van der Waals surface area contributed by atoms with Crippen molar-refractivity contribution in [1.82, 2.24) is 0 Å². The summed E-state index contributed by atoms with van der Waals surface area (Å²) in [5, 5.41) is 1.07. The zero-order valence-corrected chi connectivity index (χ0v) is 18.1. The Hall–Kier alpha value is -1.95. The fraction of sp³-hybridized carbons (Fsp3) is 0.545. The summed E-state index contributed by atoms with van der Waals surface area (Å²) in [4.78, 5) is 25.9. The molecule has 0 aliphatic carbocycles. The Balaban J connectivity index is 1.95. The van der Waals surface area contributed by atoms with Gasteiger partial charge in [0.25, 0.3) is 0 Å². The Morgan fingerprint density at radius 1 is 1.18 bits per heavy atom. The Labute approximate surface area is 171 Å². The third kappa shape index (κ3) is 6.03. The highest BCUT2D eigenvalue weighted by Gasteiger charge is 2.12. The van der Waals surface area contributed by atoms with Gasteiger partial charge in [-0.1, -0.05) is 25.6 Å². The van der Waals surface area contributed by atoms with Gasteiger partial charge in [0.1, 0.15) is 11.3 Å². The average Bonchev–Trinajstić information content (AvgIpc) is 2.70. The standard InChI is InChI=1S/C22H31NO4S/c1-5-16(4)22(25)28-13-9-8-12-26-19-15-21(24)27-20-14-17(10-11-18(19)20)23(6-2)7-3/h10-11,14-16H,5-9,12-13H2,1-4H3. The van der Waals surface area contributed by atoms with E-state index in [9.17, 15) is 9.59 Å². The van der Waals surface area contributed by atoms with E-state index in [1.165, 1.54) is 17.8 Å². The lowest BCUT2D eigenvalue weighted by Gasteiger charge is -2.21. The van der Waals surface area contributed by atoms with Crippen LogP contribution in [0.15, 0.2) is 33.5 Å². The van der Waals surface area contributed by atoms with Crippen LogP contribution >= 0.6 is 11.8 Å². The Morgan fingerprint density at radius 2 is 1.93 bits per heavy atom. The van der Waals surface area contributed by atoms with Gasteiger partial charge in [-0.2, -0.15) is 0 Å². The smallest absolute Gasteiger partial charge is 0.339 e. The lowest BCUT2D eigenvalue weighted by molar-refractivity contribution is -0.113. The molecule has 1 heterocycles. The molecule has 1 aromatic carbocycles. The van der Waals surface area contributed by atoms with Crippen LogP contribution in [0.25, 0.3) is 11.0 Å². The van der Waals surface area contributed by atoms with Gasteiger partial charge in [-0.05, 0) is 45.2 Å². The van der Waals surface area contributed by atoms with Crippen LogP contribution in [0.3, 0.4) is 0 Å². The number of thioether (sulfide) groups is 1. The summed E-state index contributed by atoms with van der Waals surface area (Å²) in [5.74, 6) is 1.48. The highest BCUT2D eigenvalue weighted by atomic mass is 32.2.